The molecule has 1 saturated heterocycles. The minimum atomic E-state index is -0.285. The van der Waals surface area contributed by atoms with Gasteiger partial charge in [0.2, 0.25) is 5.91 Å². The lowest BCUT2D eigenvalue weighted by molar-refractivity contribution is -0.122. The van der Waals surface area contributed by atoms with Crippen LogP contribution >= 0.6 is 11.6 Å². The van der Waals surface area contributed by atoms with Gasteiger partial charge in [-0.1, -0.05) is 29.8 Å². The number of benzene rings is 1. The summed E-state index contributed by atoms with van der Waals surface area (Å²) in [6.07, 6.45) is 2.32. The molecule has 0 saturated carbocycles. The molecule has 1 aliphatic heterocycles. The van der Waals surface area contributed by atoms with E-state index in [1.807, 2.05) is 42.5 Å². The van der Waals surface area contributed by atoms with E-state index >= 15 is 0 Å². The van der Waals surface area contributed by atoms with Crippen LogP contribution < -0.4 is 5.32 Å². The van der Waals surface area contributed by atoms with Crippen molar-refractivity contribution in [3.8, 4) is 0 Å². The second-order valence-corrected chi connectivity index (χ2v) is 6.81. The molecule has 0 bridgehead atoms. The molecule has 138 valence electrons. The van der Waals surface area contributed by atoms with Crippen LogP contribution in [0.25, 0.3) is 0 Å². The van der Waals surface area contributed by atoms with Crippen molar-refractivity contribution < 1.29 is 9.53 Å². The minimum absolute atomic E-state index is 0.0197. The Morgan fingerprint density at radius 2 is 1.96 bits per heavy atom. The number of carbonyl (C=O) groups is 1. The summed E-state index contributed by atoms with van der Waals surface area (Å²) in [7, 11) is 0. The predicted molar refractivity (Wildman–Crippen MR) is 102 cm³/mol. The normalized spacial score (nSPS) is 16.2. The maximum absolute atomic E-state index is 12.9. The first kappa shape index (κ1) is 18.8. The number of aromatic nitrogens is 1. The highest BCUT2D eigenvalue weighted by atomic mass is 35.5. The van der Waals surface area contributed by atoms with Crippen molar-refractivity contribution in [2.24, 2.45) is 0 Å². The molecule has 1 atom stereocenters. The Hall–Kier alpha value is -1.95. The Kier molecular flexibility index (Phi) is 7.00. The smallest absolute Gasteiger partial charge is 0.227 e. The van der Waals surface area contributed by atoms with Gasteiger partial charge in [0.15, 0.2) is 0 Å². The molecule has 0 aliphatic carbocycles. The second kappa shape index (κ2) is 9.67. The number of nitrogens with zero attached hydrogens (tertiary/aromatic N) is 2. The number of halogens is 1. The van der Waals surface area contributed by atoms with Crippen LogP contribution in [0.4, 0.5) is 0 Å². The zero-order valence-electron chi connectivity index (χ0n) is 14.7. The molecule has 3 rings (SSSR count). The number of hydrogen-bond acceptors (Lipinski definition) is 4. The largest absolute Gasteiger partial charge is 0.379 e. The lowest BCUT2D eigenvalue weighted by Gasteiger charge is -2.27. The van der Waals surface area contributed by atoms with Crippen molar-refractivity contribution >= 4 is 17.5 Å². The summed E-state index contributed by atoms with van der Waals surface area (Å²) < 4.78 is 5.35. The van der Waals surface area contributed by atoms with Crippen LogP contribution in [0.15, 0.2) is 48.7 Å². The molecule has 1 aromatic heterocycles. The number of hydrogen-bond donors (Lipinski definition) is 1. The van der Waals surface area contributed by atoms with Gasteiger partial charge in [0, 0.05) is 49.5 Å². The van der Waals surface area contributed by atoms with Crippen LogP contribution in [0.2, 0.25) is 5.02 Å². The SMILES string of the molecule is O=C(NCCN1CCOCC1)C(Cc1ccccn1)c1ccc(Cl)cc1. The Morgan fingerprint density at radius 1 is 1.19 bits per heavy atom. The third-order valence-corrected chi connectivity index (χ3v) is 4.81. The highest BCUT2D eigenvalue weighted by Crippen LogP contribution is 2.22. The molecule has 5 nitrogen and oxygen atoms in total. The molecule has 1 N–H and O–H groups in total. The van der Waals surface area contributed by atoms with E-state index < -0.39 is 0 Å². The molecule has 0 radical (unpaired) electrons. The molecule has 1 aromatic carbocycles. The summed E-state index contributed by atoms with van der Waals surface area (Å²) in [6, 6.07) is 13.2. The zero-order chi connectivity index (χ0) is 18.2. The molecule has 1 aliphatic rings. The van der Waals surface area contributed by atoms with E-state index in [0.717, 1.165) is 44.1 Å². The van der Waals surface area contributed by atoms with E-state index in [1.54, 1.807) is 6.20 Å². The van der Waals surface area contributed by atoms with Gasteiger partial charge in [0.25, 0.3) is 0 Å². The number of carbonyl (C=O) groups excluding carboxylic acids is 1. The van der Waals surface area contributed by atoms with Gasteiger partial charge in [-0.05, 0) is 29.8 Å². The lowest BCUT2D eigenvalue weighted by Crippen LogP contribution is -2.42. The van der Waals surface area contributed by atoms with Crippen LogP contribution in [-0.2, 0) is 16.0 Å². The van der Waals surface area contributed by atoms with E-state index in [2.05, 4.69) is 15.2 Å². The van der Waals surface area contributed by atoms with Crippen molar-refractivity contribution in [2.45, 2.75) is 12.3 Å². The van der Waals surface area contributed by atoms with Gasteiger partial charge < -0.3 is 10.1 Å². The highest BCUT2D eigenvalue weighted by molar-refractivity contribution is 6.30. The number of amides is 1. The summed E-state index contributed by atoms with van der Waals surface area (Å²) in [4.78, 5) is 19.5. The van der Waals surface area contributed by atoms with Crippen molar-refractivity contribution in [1.29, 1.82) is 0 Å². The molecule has 1 amide bonds. The number of ether oxygens (including phenoxy) is 1. The van der Waals surface area contributed by atoms with E-state index in [1.165, 1.54) is 0 Å². The first-order valence-corrected chi connectivity index (χ1v) is 9.33. The predicted octanol–water partition coefficient (Wildman–Crippen LogP) is 2.51. The van der Waals surface area contributed by atoms with Crippen molar-refractivity contribution in [1.82, 2.24) is 15.2 Å². The summed E-state index contributed by atoms with van der Waals surface area (Å²) in [5.41, 5.74) is 1.85. The topological polar surface area (TPSA) is 54.5 Å². The summed E-state index contributed by atoms with van der Waals surface area (Å²) in [5.74, 6) is -0.266. The summed E-state index contributed by atoms with van der Waals surface area (Å²) in [6.45, 7) is 4.84. The van der Waals surface area contributed by atoms with Crippen LogP contribution in [0.3, 0.4) is 0 Å². The second-order valence-electron chi connectivity index (χ2n) is 6.37. The van der Waals surface area contributed by atoms with Crippen molar-refractivity contribution in [3.63, 3.8) is 0 Å². The summed E-state index contributed by atoms with van der Waals surface area (Å²) >= 11 is 6.00. The molecule has 0 spiro atoms. The Bertz CT molecular complexity index is 688. The average molecular weight is 374 g/mol. The molecule has 1 fully saturated rings. The van der Waals surface area contributed by atoms with Gasteiger partial charge in [-0.3, -0.25) is 14.7 Å². The molecular formula is C20H24ClN3O2. The Morgan fingerprint density at radius 3 is 2.65 bits per heavy atom. The fraction of sp³-hybridized carbons (Fsp3) is 0.400. The van der Waals surface area contributed by atoms with Crippen molar-refractivity contribution in [3.05, 3.63) is 64.9 Å². The monoisotopic (exact) mass is 373 g/mol. The average Bonchev–Trinajstić information content (AvgIpc) is 2.68. The van der Waals surface area contributed by atoms with Crippen LogP contribution in [0.1, 0.15) is 17.2 Å². The zero-order valence-corrected chi connectivity index (χ0v) is 15.5. The maximum Gasteiger partial charge on any atom is 0.227 e. The quantitative estimate of drug-likeness (QED) is 0.810. The molecule has 1 unspecified atom stereocenters. The molecular weight excluding hydrogens is 350 g/mol. The third-order valence-electron chi connectivity index (χ3n) is 4.56. The van der Waals surface area contributed by atoms with Gasteiger partial charge >= 0.3 is 0 Å². The van der Waals surface area contributed by atoms with E-state index in [4.69, 9.17) is 16.3 Å². The molecule has 26 heavy (non-hydrogen) atoms. The fourth-order valence-corrected chi connectivity index (χ4v) is 3.20. The van der Waals surface area contributed by atoms with Gasteiger partial charge in [-0.25, -0.2) is 0 Å². The van der Waals surface area contributed by atoms with E-state index in [0.29, 0.717) is 18.0 Å². The van der Waals surface area contributed by atoms with Crippen LogP contribution in [-0.4, -0.2) is 55.2 Å². The third kappa shape index (κ3) is 5.53. The van der Waals surface area contributed by atoms with Crippen LogP contribution in [0, 0.1) is 0 Å². The lowest BCUT2D eigenvalue weighted by atomic mass is 9.93. The Labute approximate surface area is 159 Å². The number of nitrogens with one attached hydrogen (secondary N) is 1. The van der Waals surface area contributed by atoms with Crippen molar-refractivity contribution in [2.75, 3.05) is 39.4 Å². The number of pyridine rings is 1. The Balaban J connectivity index is 1.63. The summed E-state index contributed by atoms with van der Waals surface area (Å²) in [5, 5.41) is 3.75. The van der Waals surface area contributed by atoms with Gasteiger partial charge in [0.1, 0.15) is 0 Å². The van der Waals surface area contributed by atoms with Gasteiger partial charge in [0.05, 0.1) is 19.1 Å². The fourth-order valence-electron chi connectivity index (χ4n) is 3.07. The molecule has 2 aromatic rings. The highest BCUT2D eigenvalue weighted by Gasteiger charge is 2.22. The first-order valence-electron chi connectivity index (χ1n) is 8.95. The standard InChI is InChI=1S/C20H24ClN3O2/c21-17-6-4-16(5-7-17)19(15-18-3-1-2-8-22-18)20(25)23-9-10-24-11-13-26-14-12-24/h1-8,19H,9-15H2,(H,23,25). The van der Waals surface area contributed by atoms with Gasteiger partial charge in [-0.2, -0.15) is 0 Å². The maximum atomic E-state index is 12.9. The molecule has 6 heteroatoms. The van der Waals surface area contributed by atoms with Crippen LogP contribution in [0.5, 0.6) is 0 Å². The number of morpholine rings is 1. The van der Waals surface area contributed by atoms with Gasteiger partial charge in [-0.15, -0.1) is 0 Å². The van der Waals surface area contributed by atoms with E-state index in [9.17, 15) is 4.79 Å². The number of rotatable bonds is 7. The minimum Gasteiger partial charge on any atom is -0.379 e. The first-order chi connectivity index (χ1) is 12.7. The molecule has 2 heterocycles. The van der Waals surface area contributed by atoms with E-state index in [-0.39, 0.29) is 11.8 Å².